The highest BCUT2D eigenvalue weighted by Gasteiger charge is 2.23. The van der Waals surface area contributed by atoms with Crippen LogP contribution in [0, 0.1) is 0 Å². The van der Waals surface area contributed by atoms with Crippen molar-refractivity contribution in [2.45, 2.75) is 45.1 Å². The second-order valence-corrected chi connectivity index (χ2v) is 5.60. The summed E-state index contributed by atoms with van der Waals surface area (Å²) < 4.78 is 0. The third-order valence-corrected chi connectivity index (χ3v) is 4.08. The van der Waals surface area contributed by atoms with E-state index in [-0.39, 0.29) is 5.91 Å². The summed E-state index contributed by atoms with van der Waals surface area (Å²) in [7, 11) is 0. The zero-order chi connectivity index (χ0) is 14.2. The van der Waals surface area contributed by atoms with Crippen molar-refractivity contribution >= 4 is 5.91 Å². The Kier molecular flexibility index (Phi) is 6.06. The summed E-state index contributed by atoms with van der Waals surface area (Å²) in [6, 6.07) is 11.2. The Morgan fingerprint density at radius 1 is 1.30 bits per heavy atom. The van der Waals surface area contributed by atoms with Crippen LogP contribution < -0.4 is 5.32 Å². The molecule has 1 N–H and O–H groups in total. The first kappa shape index (κ1) is 15.0. The van der Waals surface area contributed by atoms with Crippen molar-refractivity contribution in [1.29, 1.82) is 0 Å². The molecule has 3 heteroatoms. The highest BCUT2D eigenvalue weighted by Crippen LogP contribution is 2.21. The summed E-state index contributed by atoms with van der Waals surface area (Å²) in [4.78, 5) is 14.2. The maximum atomic E-state index is 11.8. The fourth-order valence-corrected chi connectivity index (χ4v) is 3.01. The third-order valence-electron chi connectivity index (χ3n) is 4.08. The first-order chi connectivity index (χ1) is 9.79. The monoisotopic (exact) mass is 274 g/mol. The number of amides is 1. The molecule has 1 aromatic carbocycles. The number of hydrogen-bond acceptors (Lipinski definition) is 2. The molecule has 0 radical (unpaired) electrons. The van der Waals surface area contributed by atoms with Gasteiger partial charge in [-0.15, -0.1) is 0 Å². The van der Waals surface area contributed by atoms with Gasteiger partial charge >= 0.3 is 0 Å². The summed E-state index contributed by atoms with van der Waals surface area (Å²) in [6.45, 7) is 4.33. The number of nitrogens with one attached hydrogen (secondary N) is 1. The van der Waals surface area contributed by atoms with Crippen molar-refractivity contribution in [3.63, 3.8) is 0 Å². The van der Waals surface area contributed by atoms with Crippen molar-refractivity contribution in [2.24, 2.45) is 0 Å². The van der Waals surface area contributed by atoms with E-state index in [1.807, 2.05) is 6.92 Å². The molecule has 0 saturated carbocycles. The Balaban J connectivity index is 1.85. The highest BCUT2D eigenvalue weighted by molar-refractivity contribution is 5.77. The lowest BCUT2D eigenvalue weighted by Gasteiger charge is -2.35. The molecule has 1 fully saturated rings. The van der Waals surface area contributed by atoms with Gasteiger partial charge in [-0.3, -0.25) is 9.69 Å². The average molecular weight is 274 g/mol. The molecule has 1 aliphatic rings. The molecule has 1 aliphatic heterocycles. The second kappa shape index (κ2) is 8.05. The Bertz CT molecular complexity index is 405. The molecule has 1 unspecified atom stereocenters. The normalized spacial score (nSPS) is 19.8. The van der Waals surface area contributed by atoms with E-state index >= 15 is 0 Å². The fourth-order valence-electron chi connectivity index (χ4n) is 3.01. The van der Waals surface area contributed by atoms with Crippen molar-refractivity contribution in [3.8, 4) is 0 Å². The Morgan fingerprint density at radius 3 is 2.85 bits per heavy atom. The number of rotatable bonds is 6. The average Bonchev–Trinajstić information content (AvgIpc) is 2.48. The van der Waals surface area contributed by atoms with Crippen LogP contribution in [0.1, 0.15) is 38.2 Å². The standard InChI is InChI=1S/C17H26N2O/c1-2-18-17(20)14-19-13-7-6-10-16(19)12-11-15-8-4-3-5-9-15/h3-5,8-9,16H,2,6-7,10-14H2,1H3,(H,18,20). The van der Waals surface area contributed by atoms with Crippen LogP contribution in [-0.4, -0.2) is 36.5 Å². The number of carbonyl (C=O) groups is 1. The third kappa shape index (κ3) is 4.64. The number of carbonyl (C=O) groups excluding carboxylic acids is 1. The Hall–Kier alpha value is -1.35. The summed E-state index contributed by atoms with van der Waals surface area (Å²) in [6.07, 6.45) is 6.01. The quantitative estimate of drug-likeness (QED) is 0.865. The van der Waals surface area contributed by atoms with Gasteiger partial charge < -0.3 is 5.32 Å². The molecule has 0 aromatic heterocycles. The molecule has 1 heterocycles. The van der Waals surface area contributed by atoms with Crippen molar-refractivity contribution in [3.05, 3.63) is 35.9 Å². The molecule has 0 bridgehead atoms. The molecule has 1 aromatic rings. The van der Waals surface area contributed by atoms with E-state index in [0.29, 0.717) is 12.6 Å². The Morgan fingerprint density at radius 2 is 2.10 bits per heavy atom. The van der Waals surface area contributed by atoms with Gasteiger partial charge in [0.25, 0.3) is 0 Å². The van der Waals surface area contributed by atoms with Gasteiger partial charge in [-0.1, -0.05) is 36.8 Å². The van der Waals surface area contributed by atoms with Crippen LogP contribution in [0.15, 0.2) is 30.3 Å². The topological polar surface area (TPSA) is 32.3 Å². The van der Waals surface area contributed by atoms with E-state index in [1.54, 1.807) is 0 Å². The molecule has 0 spiro atoms. The van der Waals surface area contributed by atoms with Crippen LogP contribution in [-0.2, 0) is 11.2 Å². The molecule has 1 atom stereocenters. The van der Waals surface area contributed by atoms with Crippen LogP contribution in [0.2, 0.25) is 0 Å². The van der Waals surface area contributed by atoms with Gasteiger partial charge in [-0.05, 0) is 44.7 Å². The predicted molar refractivity (Wildman–Crippen MR) is 82.7 cm³/mol. The molecule has 1 amide bonds. The van der Waals surface area contributed by atoms with Crippen molar-refractivity contribution < 1.29 is 4.79 Å². The molecule has 110 valence electrons. The zero-order valence-corrected chi connectivity index (χ0v) is 12.5. The lowest BCUT2D eigenvalue weighted by atomic mass is 9.96. The van der Waals surface area contributed by atoms with Gasteiger partial charge in [0.2, 0.25) is 5.91 Å². The molecule has 3 nitrogen and oxygen atoms in total. The summed E-state index contributed by atoms with van der Waals surface area (Å²) in [5.74, 6) is 0.166. The number of benzene rings is 1. The van der Waals surface area contributed by atoms with E-state index in [1.165, 1.54) is 24.8 Å². The van der Waals surface area contributed by atoms with Gasteiger partial charge in [0.05, 0.1) is 6.54 Å². The first-order valence-corrected chi connectivity index (χ1v) is 7.84. The van der Waals surface area contributed by atoms with E-state index < -0.39 is 0 Å². The van der Waals surface area contributed by atoms with Gasteiger partial charge in [-0.25, -0.2) is 0 Å². The van der Waals surface area contributed by atoms with Crippen molar-refractivity contribution in [1.82, 2.24) is 10.2 Å². The molecule has 0 aliphatic carbocycles. The number of likely N-dealkylation sites (tertiary alicyclic amines) is 1. The van der Waals surface area contributed by atoms with Gasteiger partial charge in [0, 0.05) is 12.6 Å². The number of hydrogen-bond donors (Lipinski definition) is 1. The minimum absolute atomic E-state index is 0.166. The molecule has 2 rings (SSSR count). The minimum atomic E-state index is 0.166. The van der Waals surface area contributed by atoms with E-state index in [9.17, 15) is 4.79 Å². The van der Waals surface area contributed by atoms with Gasteiger partial charge in [0.1, 0.15) is 0 Å². The largest absolute Gasteiger partial charge is 0.355 e. The molecule has 20 heavy (non-hydrogen) atoms. The maximum absolute atomic E-state index is 11.8. The Labute approximate surface area is 122 Å². The smallest absolute Gasteiger partial charge is 0.234 e. The van der Waals surface area contributed by atoms with E-state index in [2.05, 4.69) is 40.5 Å². The van der Waals surface area contributed by atoms with Crippen LogP contribution in [0.3, 0.4) is 0 Å². The maximum Gasteiger partial charge on any atom is 0.234 e. The second-order valence-electron chi connectivity index (χ2n) is 5.60. The highest BCUT2D eigenvalue weighted by atomic mass is 16.2. The molecular weight excluding hydrogens is 248 g/mol. The van der Waals surface area contributed by atoms with Crippen LogP contribution in [0.5, 0.6) is 0 Å². The SMILES string of the molecule is CCNC(=O)CN1CCCCC1CCc1ccccc1. The number of likely N-dealkylation sites (N-methyl/N-ethyl adjacent to an activating group) is 1. The van der Waals surface area contributed by atoms with Crippen LogP contribution in [0.25, 0.3) is 0 Å². The van der Waals surface area contributed by atoms with Crippen LogP contribution in [0.4, 0.5) is 0 Å². The number of aryl methyl sites for hydroxylation is 1. The summed E-state index contributed by atoms with van der Waals surface area (Å²) in [5.41, 5.74) is 1.40. The molecule has 1 saturated heterocycles. The zero-order valence-electron chi connectivity index (χ0n) is 12.5. The van der Waals surface area contributed by atoms with Gasteiger partial charge in [0.15, 0.2) is 0 Å². The number of piperidine rings is 1. The lowest BCUT2D eigenvalue weighted by molar-refractivity contribution is -0.123. The minimum Gasteiger partial charge on any atom is -0.355 e. The lowest BCUT2D eigenvalue weighted by Crippen LogP contribution is -2.45. The number of nitrogens with zero attached hydrogens (tertiary/aromatic N) is 1. The van der Waals surface area contributed by atoms with Crippen LogP contribution >= 0.6 is 0 Å². The predicted octanol–water partition coefficient (Wildman–Crippen LogP) is 2.61. The summed E-state index contributed by atoms with van der Waals surface area (Å²) >= 11 is 0. The summed E-state index contributed by atoms with van der Waals surface area (Å²) in [5, 5.41) is 2.91. The van der Waals surface area contributed by atoms with E-state index in [4.69, 9.17) is 0 Å². The first-order valence-electron chi connectivity index (χ1n) is 7.84. The molecular formula is C17H26N2O. The van der Waals surface area contributed by atoms with Gasteiger partial charge in [-0.2, -0.15) is 0 Å². The van der Waals surface area contributed by atoms with E-state index in [0.717, 1.165) is 25.9 Å². The fraction of sp³-hybridized carbons (Fsp3) is 0.588. The van der Waals surface area contributed by atoms with Crippen molar-refractivity contribution in [2.75, 3.05) is 19.6 Å².